The summed E-state index contributed by atoms with van der Waals surface area (Å²) in [5.74, 6) is 0.886. The van der Waals surface area contributed by atoms with Gasteiger partial charge in [-0.2, -0.15) is 5.10 Å². The molecule has 0 aromatic carbocycles. The van der Waals surface area contributed by atoms with Crippen LogP contribution in [0.15, 0.2) is 0 Å². The standard InChI is InChI=1S/C7H11N3O2/c1-3-12-7(11)4-6-8-5(2)9-10-6/h3-4H2,1-2H3,(H,8,9,10). The highest BCUT2D eigenvalue weighted by atomic mass is 16.5. The zero-order valence-corrected chi connectivity index (χ0v) is 7.13. The summed E-state index contributed by atoms with van der Waals surface area (Å²) in [6, 6.07) is 0. The lowest BCUT2D eigenvalue weighted by Crippen LogP contribution is -2.08. The smallest absolute Gasteiger partial charge is 0.313 e. The van der Waals surface area contributed by atoms with Crippen LogP contribution >= 0.6 is 0 Å². The van der Waals surface area contributed by atoms with Gasteiger partial charge in [0.2, 0.25) is 0 Å². The lowest BCUT2D eigenvalue weighted by molar-refractivity contribution is -0.142. The van der Waals surface area contributed by atoms with Crippen LogP contribution in [0.25, 0.3) is 0 Å². The van der Waals surface area contributed by atoms with Crippen LogP contribution in [0.5, 0.6) is 0 Å². The Kier molecular flexibility index (Phi) is 2.79. The fourth-order valence-corrected chi connectivity index (χ4v) is 0.809. The maximum atomic E-state index is 10.9. The minimum Gasteiger partial charge on any atom is -0.466 e. The average Bonchev–Trinajstić information content (AvgIpc) is 2.36. The van der Waals surface area contributed by atoms with Crippen LogP contribution < -0.4 is 0 Å². The predicted octanol–water partition coefficient (Wildman–Crippen LogP) is 0.219. The molecule has 1 aromatic rings. The van der Waals surface area contributed by atoms with Crippen LogP contribution in [-0.2, 0) is 16.0 Å². The highest BCUT2D eigenvalue weighted by Gasteiger charge is 2.07. The van der Waals surface area contributed by atoms with Gasteiger partial charge in [0, 0.05) is 0 Å². The molecule has 0 fully saturated rings. The third kappa shape index (κ3) is 2.34. The largest absolute Gasteiger partial charge is 0.466 e. The molecular weight excluding hydrogens is 158 g/mol. The molecule has 5 nitrogen and oxygen atoms in total. The Labute approximate surface area is 70.1 Å². The number of nitrogens with zero attached hydrogens (tertiary/aromatic N) is 2. The first-order valence-corrected chi connectivity index (χ1v) is 3.76. The number of aromatic nitrogens is 3. The summed E-state index contributed by atoms with van der Waals surface area (Å²) < 4.78 is 4.72. The summed E-state index contributed by atoms with van der Waals surface area (Å²) in [6.07, 6.45) is 0.137. The van der Waals surface area contributed by atoms with Crippen molar-refractivity contribution in [2.75, 3.05) is 6.61 Å². The first kappa shape index (κ1) is 8.70. The molecular formula is C7H11N3O2. The van der Waals surface area contributed by atoms with Gasteiger partial charge in [-0.15, -0.1) is 0 Å². The molecule has 0 saturated heterocycles. The molecule has 0 spiro atoms. The second-order valence-corrected chi connectivity index (χ2v) is 2.32. The number of aryl methyl sites for hydroxylation is 1. The number of rotatable bonds is 3. The number of hydrogen-bond donors (Lipinski definition) is 1. The second-order valence-electron chi connectivity index (χ2n) is 2.32. The van der Waals surface area contributed by atoms with Crippen molar-refractivity contribution >= 4 is 5.97 Å². The van der Waals surface area contributed by atoms with E-state index in [-0.39, 0.29) is 12.4 Å². The van der Waals surface area contributed by atoms with E-state index in [1.54, 1.807) is 13.8 Å². The highest BCUT2D eigenvalue weighted by Crippen LogP contribution is 1.93. The Hall–Kier alpha value is -1.39. The maximum absolute atomic E-state index is 10.9. The molecule has 0 aliphatic carbocycles. The van der Waals surface area contributed by atoms with Crippen molar-refractivity contribution < 1.29 is 9.53 Å². The van der Waals surface area contributed by atoms with Crippen LogP contribution in [0, 0.1) is 6.92 Å². The molecule has 0 saturated carbocycles. The van der Waals surface area contributed by atoms with Gasteiger partial charge in [0.05, 0.1) is 6.61 Å². The average molecular weight is 169 g/mol. The molecule has 0 radical (unpaired) electrons. The minimum absolute atomic E-state index is 0.137. The van der Waals surface area contributed by atoms with E-state index in [2.05, 4.69) is 15.2 Å². The van der Waals surface area contributed by atoms with Gasteiger partial charge in [0.15, 0.2) is 5.82 Å². The van der Waals surface area contributed by atoms with E-state index in [1.165, 1.54) is 0 Å². The maximum Gasteiger partial charge on any atom is 0.313 e. The van der Waals surface area contributed by atoms with Gasteiger partial charge >= 0.3 is 5.97 Å². The molecule has 0 amide bonds. The molecule has 5 heteroatoms. The summed E-state index contributed by atoms with van der Waals surface area (Å²) >= 11 is 0. The first-order valence-electron chi connectivity index (χ1n) is 3.76. The van der Waals surface area contributed by atoms with E-state index in [1.807, 2.05) is 0 Å². The van der Waals surface area contributed by atoms with Gasteiger partial charge in [0.1, 0.15) is 12.2 Å². The molecule has 1 rings (SSSR count). The quantitative estimate of drug-likeness (QED) is 0.657. The molecule has 1 aromatic heterocycles. The number of esters is 1. The Bertz CT molecular complexity index is 269. The number of carbonyl (C=O) groups excluding carboxylic acids is 1. The summed E-state index contributed by atoms with van der Waals surface area (Å²) in [4.78, 5) is 14.9. The normalized spacial score (nSPS) is 9.83. The van der Waals surface area contributed by atoms with Crippen molar-refractivity contribution in [2.45, 2.75) is 20.3 Å². The fraction of sp³-hybridized carbons (Fsp3) is 0.571. The van der Waals surface area contributed by atoms with E-state index < -0.39 is 0 Å². The van der Waals surface area contributed by atoms with E-state index in [4.69, 9.17) is 4.74 Å². The van der Waals surface area contributed by atoms with Crippen LogP contribution in [0.1, 0.15) is 18.6 Å². The third-order valence-electron chi connectivity index (χ3n) is 1.25. The molecule has 12 heavy (non-hydrogen) atoms. The Balaban J connectivity index is 2.46. The zero-order valence-electron chi connectivity index (χ0n) is 7.13. The molecule has 66 valence electrons. The SMILES string of the molecule is CCOC(=O)Cc1n[nH]c(C)n1. The molecule has 1 N–H and O–H groups in total. The summed E-state index contributed by atoms with van der Waals surface area (Å²) in [5.41, 5.74) is 0. The summed E-state index contributed by atoms with van der Waals surface area (Å²) in [6.45, 7) is 3.94. The predicted molar refractivity (Wildman–Crippen MR) is 41.5 cm³/mol. The number of H-pyrrole nitrogens is 1. The van der Waals surface area contributed by atoms with Gasteiger partial charge in [-0.25, -0.2) is 4.98 Å². The molecule has 0 aliphatic rings. The van der Waals surface area contributed by atoms with E-state index in [9.17, 15) is 4.79 Å². The van der Waals surface area contributed by atoms with E-state index in [0.29, 0.717) is 18.3 Å². The number of carbonyl (C=O) groups is 1. The van der Waals surface area contributed by atoms with Gasteiger partial charge in [-0.05, 0) is 13.8 Å². The summed E-state index contributed by atoms with van der Waals surface area (Å²) in [7, 11) is 0. The Morgan fingerprint density at radius 2 is 2.42 bits per heavy atom. The van der Waals surface area contributed by atoms with Gasteiger partial charge in [0.25, 0.3) is 0 Å². The van der Waals surface area contributed by atoms with Gasteiger partial charge < -0.3 is 4.74 Å². The van der Waals surface area contributed by atoms with Crippen molar-refractivity contribution in [1.82, 2.24) is 15.2 Å². The van der Waals surface area contributed by atoms with E-state index in [0.717, 1.165) is 0 Å². The topological polar surface area (TPSA) is 67.9 Å². The third-order valence-corrected chi connectivity index (χ3v) is 1.25. The van der Waals surface area contributed by atoms with Crippen molar-refractivity contribution in [2.24, 2.45) is 0 Å². The lowest BCUT2D eigenvalue weighted by atomic mass is 10.4. The van der Waals surface area contributed by atoms with Gasteiger partial charge in [-0.1, -0.05) is 0 Å². The van der Waals surface area contributed by atoms with Crippen molar-refractivity contribution in [3.8, 4) is 0 Å². The molecule has 1 heterocycles. The summed E-state index contributed by atoms with van der Waals surface area (Å²) in [5, 5.41) is 6.45. The first-order chi connectivity index (χ1) is 5.72. The van der Waals surface area contributed by atoms with Crippen LogP contribution in [0.4, 0.5) is 0 Å². The van der Waals surface area contributed by atoms with Crippen molar-refractivity contribution in [1.29, 1.82) is 0 Å². The molecule has 0 bridgehead atoms. The number of nitrogens with one attached hydrogen (secondary N) is 1. The van der Waals surface area contributed by atoms with Crippen molar-refractivity contribution in [3.05, 3.63) is 11.6 Å². The lowest BCUT2D eigenvalue weighted by Gasteiger charge is -1.96. The van der Waals surface area contributed by atoms with Crippen LogP contribution in [0.2, 0.25) is 0 Å². The van der Waals surface area contributed by atoms with Crippen LogP contribution in [0.3, 0.4) is 0 Å². The monoisotopic (exact) mass is 169 g/mol. The van der Waals surface area contributed by atoms with Gasteiger partial charge in [-0.3, -0.25) is 9.89 Å². The molecule has 0 atom stereocenters. The van der Waals surface area contributed by atoms with Crippen LogP contribution in [-0.4, -0.2) is 27.8 Å². The number of hydrogen-bond acceptors (Lipinski definition) is 4. The molecule has 0 aliphatic heterocycles. The highest BCUT2D eigenvalue weighted by molar-refractivity contribution is 5.71. The number of aromatic amines is 1. The minimum atomic E-state index is -0.295. The van der Waals surface area contributed by atoms with Crippen molar-refractivity contribution in [3.63, 3.8) is 0 Å². The van der Waals surface area contributed by atoms with E-state index >= 15 is 0 Å². The Morgan fingerprint density at radius 1 is 1.67 bits per heavy atom. The number of ether oxygens (including phenoxy) is 1. The Morgan fingerprint density at radius 3 is 2.92 bits per heavy atom. The second kappa shape index (κ2) is 3.85. The molecule has 0 unspecified atom stereocenters. The fourth-order valence-electron chi connectivity index (χ4n) is 0.809. The zero-order chi connectivity index (χ0) is 8.97.